The van der Waals surface area contributed by atoms with Crippen molar-refractivity contribution in [3.05, 3.63) is 47.4 Å². The molecule has 3 aromatic rings. The van der Waals surface area contributed by atoms with Crippen LogP contribution in [0.3, 0.4) is 0 Å². The Morgan fingerprint density at radius 3 is 2.82 bits per heavy atom. The zero-order valence-corrected chi connectivity index (χ0v) is 16.8. The van der Waals surface area contributed by atoms with E-state index in [1.807, 2.05) is 25.4 Å². The maximum Gasteiger partial charge on any atom is 0.271 e. The Kier molecular flexibility index (Phi) is 5.36. The number of nitrogens with zero attached hydrogens (tertiary/aromatic N) is 6. The SMILES string of the molecule is CN1CCN(c2ncccc2CNC(=O)c2csc(-c3cnn(C)c3)n2)CC1. The monoisotopic (exact) mass is 397 g/mol. The van der Waals surface area contributed by atoms with Crippen LogP contribution in [0, 0.1) is 0 Å². The largest absolute Gasteiger partial charge is 0.354 e. The van der Waals surface area contributed by atoms with Gasteiger partial charge in [-0.15, -0.1) is 11.3 Å². The molecule has 3 aromatic heterocycles. The van der Waals surface area contributed by atoms with E-state index < -0.39 is 0 Å². The average Bonchev–Trinajstić information content (AvgIpc) is 3.36. The van der Waals surface area contributed by atoms with Gasteiger partial charge in [-0.05, 0) is 13.1 Å². The number of rotatable bonds is 5. The number of carbonyl (C=O) groups is 1. The molecule has 1 amide bonds. The van der Waals surface area contributed by atoms with E-state index in [0.717, 1.165) is 48.1 Å². The molecule has 4 heterocycles. The van der Waals surface area contributed by atoms with E-state index >= 15 is 0 Å². The Balaban J connectivity index is 1.42. The minimum absolute atomic E-state index is 0.181. The summed E-state index contributed by atoms with van der Waals surface area (Å²) in [6, 6.07) is 3.92. The van der Waals surface area contributed by atoms with Gasteiger partial charge in [-0.1, -0.05) is 6.07 Å². The van der Waals surface area contributed by atoms with Gasteiger partial charge < -0.3 is 15.1 Å². The predicted molar refractivity (Wildman–Crippen MR) is 109 cm³/mol. The van der Waals surface area contributed by atoms with E-state index in [0.29, 0.717) is 12.2 Å². The van der Waals surface area contributed by atoms with Crippen LogP contribution in [0.25, 0.3) is 10.6 Å². The van der Waals surface area contributed by atoms with Crippen LogP contribution in [0.2, 0.25) is 0 Å². The Morgan fingerprint density at radius 1 is 1.25 bits per heavy atom. The molecule has 0 atom stereocenters. The van der Waals surface area contributed by atoms with Gasteiger partial charge in [-0.2, -0.15) is 5.10 Å². The van der Waals surface area contributed by atoms with Crippen LogP contribution >= 0.6 is 11.3 Å². The molecule has 146 valence electrons. The number of piperazine rings is 1. The van der Waals surface area contributed by atoms with Crippen molar-refractivity contribution in [1.29, 1.82) is 0 Å². The molecule has 0 saturated carbocycles. The third kappa shape index (κ3) is 4.05. The summed E-state index contributed by atoms with van der Waals surface area (Å²) in [5, 5.41) is 9.70. The molecule has 8 nitrogen and oxygen atoms in total. The fraction of sp³-hybridized carbons (Fsp3) is 0.368. The zero-order chi connectivity index (χ0) is 19.5. The van der Waals surface area contributed by atoms with E-state index in [4.69, 9.17) is 0 Å². The summed E-state index contributed by atoms with van der Waals surface area (Å²) in [7, 11) is 3.99. The number of amides is 1. The van der Waals surface area contributed by atoms with Gasteiger partial charge in [-0.3, -0.25) is 9.48 Å². The standard InChI is InChI=1S/C19H23N7OS/c1-24-6-8-26(9-7-24)17-14(4-3-5-20-17)10-21-18(27)16-13-28-19(23-16)15-11-22-25(2)12-15/h3-5,11-13H,6-10H2,1-2H3,(H,21,27). The first-order valence-electron chi connectivity index (χ1n) is 9.20. The summed E-state index contributed by atoms with van der Waals surface area (Å²) in [6.07, 6.45) is 5.44. The summed E-state index contributed by atoms with van der Waals surface area (Å²) < 4.78 is 1.72. The second kappa shape index (κ2) is 8.07. The number of aromatic nitrogens is 4. The summed E-state index contributed by atoms with van der Waals surface area (Å²) in [4.78, 5) is 26.2. The first-order valence-corrected chi connectivity index (χ1v) is 10.1. The molecule has 4 rings (SSSR count). The lowest BCUT2D eigenvalue weighted by molar-refractivity contribution is 0.0946. The van der Waals surface area contributed by atoms with Crippen LogP contribution in [0.15, 0.2) is 36.1 Å². The average molecular weight is 398 g/mol. The van der Waals surface area contributed by atoms with Crippen molar-refractivity contribution in [2.24, 2.45) is 7.05 Å². The van der Waals surface area contributed by atoms with Crippen molar-refractivity contribution in [2.75, 3.05) is 38.1 Å². The van der Waals surface area contributed by atoms with Gasteiger partial charge >= 0.3 is 0 Å². The molecule has 0 spiro atoms. The molecule has 0 aromatic carbocycles. The van der Waals surface area contributed by atoms with Crippen molar-refractivity contribution < 1.29 is 4.79 Å². The second-order valence-corrected chi connectivity index (χ2v) is 7.76. The number of hydrogen-bond donors (Lipinski definition) is 1. The third-order valence-corrected chi connectivity index (χ3v) is 5.69. The molecule has 1 N–H and O–H groups in total. The van der Waals surface area contributed by atoms with Gasteiger partial charge in [-0.25, -0.2) is 9.97 Å². The molecule has 0 unspecified atom stereocenters. The number of anilines is 1. The minimum atomic E-state index is -0.181. The van der Waals surface area contributed by atoms with Crippen LogP contribution in [0.5, 0.6) is 0 Å². The Labute approximate surface area is 167 Å². The Morgan fingerprint density at radius 2 is 2.07 bits per heavy atom. The molecule has 0 bridgehead atoms. The van der Waals surface area contributed by atoms with Gasteiger partial charge in [0.2, 0.25) is 0 Å². The minimum Gasteiger partial charge on any atom is -0.354 e. The van der Waals surface area contributed by atoms with Crippen molar-refractivity contribution >= 4 is 23.1 Å². The van der Waals surface area contributed by atoms with Gasteiger partial charge in [0.25, 0.3) is 5.91 Å². The summed E-state index contributed by atoms with van der Waals surface area (Å²) in [6.45, 7) is 4.33. The van der Waals surface area contributed by atoms with E-state index in [1.165, 1.54) is 11.3 Å². The first kappa shape index (κ1) is 18.6. The van der Waals surface area contributed by atoms with Crippen molar-refractivity contribution in [3.63, 3.8) is 0 Å². The summed E-state index contributed by atoms with van der Waals surface area (Å²) >= 11 is 1.44. The van der Waals surface area contributed by atoms with Crippen LogP contribution in [0.4, 0.5) is 5.82 Å². The second-order valence-electron chi connectivity index (χ2n) is 6.90. The predicted octanol–water partition coefficient (Wildman–Crippen LogP) is 1.62. The highest BCUT2D eigenvalue weighted by molar-refractivity contribution is 7.13. The number of aryl methyl sites for hydroxylation is 1. The van der Waals surface area contributed by atoms with Crippen LogP contribution in [-0.2, 0) is 13.6 Å². The quantitative estimate of drug-likeness (QED) is 0.705. The van der Waals surface area contributed by atoms with Crippen molar-refractivity contribution in [3.8, 4) is 10.6 Å². The third-order valence-electron chi connectivity index (χ3n) is 4.80. The molecule has 0 radical (unpaired) electrons. The van der Waals surface area contributed by atoms with Crippen molar-refractivity contribution in [2.45, 2.75) is 6.54 Å². The van der Waals surface area contributed by atoms with Crippen LogP contribution in [-0.4, -0.2) is 63.8 Å². The van der Waals surface area contributed by atoms with E-state index in [9.17, 15) is 4.79 Å². The first-order chi connectivity index (χ1) is 13.6. The molecule has 1 saturated heterocycles. The number of hydrogen-bond acceptors (Lipinski definition) is 7. The molecule has 9 heteroatoms. The number of nitrogens with one attached hydrogen (secondary N) is 1. The highest BCUT2D eigenvalue weighted by Crippen LogP contribution is 2.23. The molecule has 0 aliphatic carbocycles. The molecular formula is C19H23N7OS. The van der Waals surface area contributed by atoms with Gasteiger partial charge in [0.1, 0.15) is 16.5 Å². The summed E-state index contributed by atoms with van der Waals surface area (Å²) in [5.74, 6) is 0.768. The van der Waals surface area contributed by atoms with Gasteiger partial charge in [0.05, 0.1) is 6.20 Å². The van der Waals surface area contributed by atoms with E-state index in [-0.39, 0.29) is 5.91 Å². The highest BCUT2D eigenvalue weighted by Gasteiger charge is 2.19. The normalized spacial score (nSPS) is 15.0. The Hall–Kier alpha value is -2.78. The molecular weight excluding hydrogens is 374 g/mol. The molecule has 1 aliphatic heterocycles. The lowest BCUT2D eigenvalue weighted by Crippen LogP contribution is -2.45. The fourth-order valence-corrected chi connectivity index (χ4v) is 3.96. The maximum atomic E-state index is 12.6. The number of likely N-dealkylation sites (N-methyl/N-ethyl adjacent to an activating group) is 1. The molecule has 1 fully saturated rings. The highest BCUT2D eigenvalue weighted by atomic mass is 32.1. The van der Waals surface area contributed by atoms with E-state index in [2.05, 4.69) is 37.2 Å². The maximum absolute atomic E-state index is 12.6. The van der Waals surface area contributed by atoms with E-state index in [1.54, 1.807) is 22.5 Å². The number of carbonyl (C=O) groups excluding carboxylic acids is 1. The number of thiazole rings is 1. The topological polar surface area (TPSA) is 79.2 Å². The number of pyridine rings is 1. The lowest BCUT2D eigenvalue weighted by Gasteiger charge is -2.34. The Bertz CT molecular complexity index is 959. The van der Waals surface area contributed by atoms with Gasteiger partial charge in [0, 0.05) is 68.7 Å². The van der Waals surface area contributed by atoms with Crippen molar-refractivity contribution in [1.82, 2.24) is 30.0 Å². The van der Waals surface area contributed by atoms with Crippen LogP contribution < -0.4 is 10.2 Å². The molecule has 28 heavy (non-hydrogen) atoms. The summed E-state index contributed by atoms with van der Waals surface area (Å²) in [5.41, 5.74) is 2.35. The smallest absolute Gasteiger partial charge is 0.271 e. The van der Waals surface area contributed by atoms with Gasteiger partial charge in [0.15, 0.2) is 0 Å². The van der Waals surface area contributed by atoms with Crippen LogP contribution in [0.1, 0.15) is 16.1 Å². The fourth-order valence-electron chi connectivity index (χ4n) is 3.18. The molecule has 1 aliphatic rings. The zero-order valence-electron chi connectivity index (χ0n) is 16.0. The lowest BCUT2D eigenvalue weighted by atomic mass is 10.2.